The number of nitrogens with zero attached hydrogens (tertiary/aromatic N) is 1. The zero-order valence-corrected chi connectivity index (χ0v) is 7.39. The van der Waals surface area contributed by atoms with Crippen molar-refractivity contribution in [2.45, 2.75) is 13.8 Å². The van der Waals surface area contributed by atoms with E-state index in [1.807, 2.05) is 26.0 Å². The predicted molar refractivity (Wildman–Crippen MR) is 46.0 cm³/mol. The van der Waals surface area contributed by atoms with Gasteiger partial charge in [0.25, 0.3) is 0 Å². The van der Waals surface area contributed by atoms with Crippen molar-refractivity contribution in [3.8, 4) is 6.07 Å². The molecule has 0 saturated heterocycles. The van der Waals surface area contributed by atoms with E-state index < -0.39 is 0 Å². The van der Waals surface area contributed by atoms with Crippen molar-refractivity contribution in [2.75, 3.05) is 0 Å². The molecule has 0 N–H and O–H groups in total. The molecule has 1 aliphatic rings. The predicted octanol–water partition coefficient (Wildman–Crippen LogP) is 2.84. The zero-order chi connectivity index (χ0) is 8.43. The SMILES string of the molecule is CC1=CC(Cl)=CC(C)C1C#N. The summed E-state index contributed by atoms with van der Waals surface area (Å²) in [6.45, 7) is 3.95. The topological polar surface area (TPSA) is 23.8 Å². The lowest BCUT2D eigenvalue weighted by Crippen LogP contribution is -2.12. The van der Waals surface area contributed by atoms with E-state index in [9.17, 15) is 0 Å². The summed E-state index contributed by atoms with van der Waals surface area (Å²) < 4.78 is 0. The van der Waals surface area contributed by atoms with Crippen LogP contribution in [-0.4, -0.2) is 0 Å². The Morgan fingerprint density at radius 3 is 2.73 bits per heavy atom. The first-order valence-corrected chi connectivity index (χ1v) is 3.98. The molecule has 1 nitrogen and oxygen atoms in total. The van der Waals surface area contributed by atoms with Crippen LogP contribution in [0.15, 0.2) is 22.8 Å². The number of nitriles is 1. The van der Waals surface area contributed by atoms with Gasteiger partial charge in [0.05, 0.1) is 12.0 Å². The zero-order valence-electron chi connectivity index (χ0n) is 6.63. The molecule has 0 aliphatic heterocycles. The van der Waals surface area contributed by atoms with E-state index in [-0.39, 0.29) is 11.8 Å². The van der Waals surface area contributed by atoms with Crippen LogP contribution in [-0.2, 0) is 0 Å². The maximum atomic E-state index is 8.75. The number of allylic oxidation sites excluding steroid dienone is 4. The van der Waals surface area contributed by atoms with Gasteiger partial charge in [-0.05, 0) is 18.9 Å². The van der Waals surface area contributed by atoms with E-state index in [0.29, 0.717) is 0 Å². The summed E-state index contributed by atoms with van der Waals surface area (Å²) in [6.07, 6.45) is 3.78. The highest BCUT2D eigenvalue weighted by Gasteiger charge is 2.20. The van der Waals surface area contributed by atoms with Gasteiger partial charge >= 0.3 is 0 Å². The first kappa shape index (κ1) is 8.36. The molecule has 0 aromatic heterocycles. The van der Waals surface area contributed by atoms with Crippen molar-refractivity contribution in [1.82, 2.24) is 0 Å². The van der Waals surface area contributed by atoms with Crippen molar-refractivity contribution in [3.05, 3.63) is 22.8 Å². The minimum atomic E-state index is 0.0116. The summed E-state index contributed by atoms with van der Waals surface area (Å²) in [5, 5.41) is 9.51. The second-order valence-electron chi connectivity index (χ2n) is 2.91. The van der Waals surface area contributed by atoms with Gasteiger partial charge in [0.2, 0.25) is 0 Å². The molecular weight excluding hydrogens is 158 g/mol. The molecule has 0 aromatic carbocycles. The van der Waals surface area contributed by atoms with Crippen LogP contribution in [0.25, 0.3) is 0 Å². The molecular formula is C9H10ClN. The molecule has 0 radical (unpaired) electrons. The maximum absolute atomic E-state index is 8.75. The average molecular weight is 168 g/mol. The molecule has 2 unspecified atom stereocenters. The monoisotopic (exact) mass is 167 g/mol. The van der Waals surface area contributed by atoms with Crippen molar-refractivity contribution in [1.29, 1.82) is 5.26 Å². The third kappa shape index (κ3) is 1.64. The number of hydrogen-bond donors (Lipinski definition) is 0. The van der Waals surface area contributed by atoms with Crippen LogP contribution in [0.3, 0.4) is 0 Å². The van der Waals surface area contributed by atoms with Gasteiger partial charge in [-0.15, -0.1) is 0 Å². The van der Waals surface area contributed by atoms with Crippen molar-refractivity contribution in [2.24, 2.45) is 11.8 Å². The molecule has 0 saturated carbocycles. The van der Waals surface area contributed by atoms with Crippen molar-refractivity contribution < 1.29 is 0 Å². The highest BCUT2D eigenvalue weighted by atomic mass is 35.5. The maximum Gasteiger partial charge on any atom is 0.0734 e. The highest BCUT2D eigenvalue weighted by Crippen LogP contribution is 2.29. The minimum Gasteiger partial charge on any atom is -0.198 e. The van der Waals surface area contributed by atoms with Gasteiger partial charge in [-0.2, -0.15) is 5.26 Å². The Kier molecular flexibility index (Phi) is 2.36. The van der Waals surface area contributed by atoms with Crippen LogP contribution in [0.1, 0.15) is 13.8 Å². The quantitative estimate of drug-likeness (QED) is 0.544. The molecule has 2 heteroatoms. The summed E-state index contributed by atoms with van der Waals surface area (Å²) >= 11 is 5.80. The minimum absolute atomic E-state index is 0.0116. The van der Waals surface area contributed by atoms with Crippen LogP contribution in [0, 0.1) is 23.2 Å². The third-order valence-electron chi connectivity index (χ3n) is 1.94. The Morgan fingerprint density at radius 2 is 2.27 bits per heavy atom. The lowest BCUT2D eigenvalue weighted by Gasteiger charge is -2.19. The van der Waals surface area contributed by atoms with E-state index >= 15 is 0 Å². The number of hydrogen-bond acceptors (Lipinski definition) is 1. The van der Waals surface area contributed by atoms with Crippen LogP contribution in [0.2, 0.25) is 0 Å². The largest absolute Gasteiger partial charge is 0.198 e. The molecule has 0 bridgehead atoms. The highest BCUT2D eigenvalue weighted by molar-refractivity contribution is 6.31. The van der Waals surface area contributed by atoms with Gasteiger partial charge in [-0.25, -0.2) is 0 Å². The molecule has 58 valence electrons. The lowest BCUT2D eigenvalue weighted by atomic mass is 9.85. The fourth-order valence-electron chi connectivity index (χ4n) is 1.34. The van der Waals surface area contributed by atoms with Crippen LogP contribution in [0.4, 0.5) is 0 Å². The second-order valence-corrected chi connectivity index (χ2v) is 3.34. The summed E-state index contributed by atoms with van der Waals surface area (Å²) in [6, 6.07) is 2.25. The molecule has 0 heterocycles. The van der Waals surface area contributed by atoms with Crippen molar-refractivity contribution in [3.63, 3.8) is 0 Å². The first-order valence-electron chi connectivity index (χ1n) is 3.60. The molecule has 0 fully saturated rings. The van der Waals surface area contributed by atoms with Crippen molar-refractivity contribution >= 4 is 11.6 Å². The number of halogens is 1. The van der Waals surface area contributed by atoms with Gasteiger partial charge in [0.1, 0.15) is 0 Å². The van der Waals surface area contributed by atoms with E-state index in [2.05, 4.69) is 6.07 Å². The van der Waals surface area contributed by atoms with Gasteiger partial charge < -0.3 is 0 Å². The Balaban J connectivity index is 2.93. The normalized spacial score (nSPS) is 30.4. The molecule has 1 rings (SSSR count). The van der Waals surface area contributed by atoms with Crippen LogP contribution < -0.4 is 0 Å². The first-order chi connectivity index (χ1) is 5.15. The molecule has 0 spiro atoms. The standard InChI is InChI=1S/C9H10ClN/c1-6-3-8(10)4-7(2)9(6)5-11/h3-4,6,9H,1-2H3. The summed E-state index contributed by atoms with van der Waals surface area (Å²) in [4.78, 5) is 0. The Bertz CT molecular complexity index is 257. The van der Waals surface area contributed by atoms with E-state index in [4.69, 9.17) is 16.9 Å². The fraction of sp³-hybridized carbons (Fsp3) is 0.444. The van der Waals surface area contributed by atoms with Gasteiger partial charge in [-0.1, -0.05) is 30.2 Å². The Hall–Kier alpha value is -0.740. The smallest absolute Gasteiger partial charge is 0.0734 e. The third-order valence-corrected chi connectivity index (χ3v) is 2.18. The summed E-state index contributed by atoms with van der Waals surface area (Å²) in [7, 11) is 0. The van der Waals surface area contributed by atoms with E-state index in [1.54, 1.807) is 0 Å². The lowest BCUT2D eigenvalue weighted by molar-refractivity contribution is 0.585. The molecule has 0 amide bonds. The fourth-order valence-corrected chi connectivity index (χ4v) is 1.71. The van der Waals surface area contributed by atoms with Gasteiger partial charge in [0, 0.05) is 5.03 Å². The Morgan fingerprint density at radius 1 is 1.64 bits per heavy atom. The molecule has 1 aliphatic carbocycles. The molecule has 2 atom stereocenters. The van der Waals surface area contributed by atoms with Gasteiger partial charge in [-0.3, -0.25) is 0 Å². The van der Waals surface area contributed by atoms with E-state index in [0.717, 1.165) is 10.6 Å². The van der Waals surface area contributed by atoms with E-state index in [1.165, 1.54) is 0 Å². The average Bonchev–Trinajstić information content (AvgIpc) is 1.85. The summed E-state index contributed by atoms with van der Waals surface area (Å²) in [5.74, 6) is 0.259. The van der Waals surface area contributed by atoms with Gasteiger partial charge in [0.15, 0.2) is 0 Å². The van der Waals surface area contributed by atoms with Crippen LogP contribution >= 0.6 is 11.6 Å². The number of rotatable bonds is 0. The second kappa shape index (κ2) is 3.11. The van der Waals surface area contributed by atoms with Crippen LogP contribution in [0.5, 0.6) is 0 Å². The molecule has 11 heavy (non-hydrogen) atoms. The Labute approximate surface area is 72.0 Å². The summed E-state index contributed by atoms with van der Waals surface area (Å²) in [5.41, 5.74) is 1.06. The molecule has 0 aromatic rings.